The second-order valence-electron chi connectivity index (χ2n) is 2.85. The predicted octanol–water partition coefficient (Wildman–Crippen LogP) is 3.15. The third-order valence-corrected chi connectivity index (χ3v) is 1.89. The van der Waals surface area contributed by atoms with Crippen LogP contribution >= 0.6 is 11.6 Å². The van der Waals surface area contributed by atoms with Crippen molar-refractivity contribution < 1.29 is 23.2 Å². The predicted molar refractivity (Wildman–Crippen MR) is 52.9 cm³/mol. The van der Waals surface area contributed by atoms with Gasteiger partial charge in [-0.2, -0.15) is 0 Å². The Morgan fingerprint density at radius 2 is 1.73 bits per heavy atom. The highest BCUT2D eigenvalue weighted by molar-refractivity contribution is 6.64. The van der Waals surface area contributed by atoms with E-state index in [1.54, 1.807) is 0 Å². The number of benzene rings is 1. The first-order chi connectivity index (χ1) is 6.79. The SMILES string of the molecule is Oc1cc(O)c(/C=C/[B-](F)(F)F)cc1Cl. The van der Waals surface area contributed by atoms with Crippen LogP contribution in [0.1, 0.15) is 5.56 Å². The highest BCUT2D eigenvalue weighted by Crippen LogP contribution is 2.32. The lowest BCUT2D eigenvalue weighted by atomic mass is 9.90. The fourth-order valence-electron chi connectivity index (χ4n) is 0.912. The van der Waals surface area contributed by atoms with Gasteiger partial charge in [-0.1, -0.05) is 17.7 Å². The van der Waals surface area contributed by atoms with Crippen LogP contribution in [0.25, 0.3) is 6.08 Å². The summed E-state index contributed by atoms with van der Waals surface area (Å²) >= 11 is 5.46. The highest BCUT2D eigenvalue weighted by Gasteiger charge is 2.17. The molecule has 2 nitrogen and oxygen atoms in total. The molecule has 0 fully saturated rings. The number of phenolic OH excluding ortho intramolecular Hbond substituents is 2. The van der Waals surface area contributed by atoms with Crippen LogP contribution in [0.5, 0.6) is 11.5 Å². The molecule has 0 heterocycles. The van der Waals surface area contributed by atoms with Gasteiger partial charge in [-0.3, -0.25) is 0 Å². The Bertz CT molecular complexity index is 404. The lowest BCUT2D eigenvalue weighted by Crippen LogP contribution is -2.09. The Kier molecular flexibility index (Phi) is 3.19. The third-order valence-electron chi connectivity index (χ3n) is 1.59. The monoisotopic (exact) mass is 237 g/mol. The molecule has 15 heavy (non-hydrogen) atoms. The van der Waals surface area contributed by atoms with Gasteiger partial charge >= 0.3 is 6.98 Å². The fraction of sp³-hybridized carbons (Fsp3) is 0. The van der Waals surface area contributed by atoms with E-state index >= 15 is 0 Å². The molecule has 0 spiro atoms. The summed E-state index contributed by atoms with van der Waals surface area (Å²) < 4.78 is 35.6. The van der Waals surface area contributed by atoms with Gasteiger partial charge in [0.2, 0.25) is 0 Å². The fourth-order valence-corrected chi connectivity index (χ4v) is 1.08. The minimum absolute atomic E-state index is 0.0302. The molecule has 1 rings (SSSR count). The molecule has 1 aromatic carbocycles. The molecule has 1 aromatic rings. The summed E-state index contributed by atoms with van der Waals surface area (Å²) in [4.78, 5) is 0. The zero-order chi connectivity index (χ0) is 11.6. The number of phenols is 2. The summed E-state index contributed by atoms with van der Waals surface area (Å²) in [6.45, 7) is -5.06. The van der Waals surface area contributed by atoms with E-state index in [1.807, 2.05) is 0 Å². The summed E-state index contributed by atoms with van der Waals surface area (Å²) in [6, 6.07) is 1.93. The van der Waals surface area contributed by atoms with Crippen LogP contribution in [-0.4, -0.2) is 17.2 Å². The average molecular weight is 237 g/mol. The molecule has 0 saturated heterocycles. The standard InChI is InChI=1S/C8H6BClF3O2/c10-6-3-5(1-2-9(11,12)13)7(14)4-8(6)15/h1-4,14-15H/q-1/b2-1+. The quantitative estimate of drug-likeness (QED) is 0.776. The van der Waals surface area contributed by atoms with Crippen molar-refractivity contribution in [1.82, 2.24) is 0 Å². The van der Waals surface area contributed by atoms with Gasteiger partial charge in [0.1, 0.15) is 11.5 Å². The molecule has 0 bridgehead atoms. The maximum Gasteiger partial charge on any atom is 0.502 e. The van der Waals surface area contributed by atoms with Crippen molar-refractivity contribution in [3.63, 3.8) is 0 Å². The normalized spacial score (nSPS) is 12.3. The summed E-state index contributed by atoms with van der Waals surface area (Å²) in [7, 11) is 0. The largest absolute Gasteiger partial charge is 0.507 e. The van der Waals surface area contributed by atoms with Gasteiger partial charge in [0.05, 0.1) is 5.02 Å². The molecule has 2 N–H and O–H groups in total. The van der Waals surface area contributed by atoms with Gasteiger partial charge in [-0.15, -0.1) is 5.98 Å². The molecule has 7 heteroatoms. The van der Waals surface area contributed by atoms with Crippen LogP contribution in [0.3, 0.4) is 0 Å². The topological polar surface area (TPSA) is 40.5 Å². The van der Waals surface area contributed by atoms with Gasteiger partial charge in [0.25, 0.3) is 0 Å². The van der Waals surface area contributed by atoms with Gasteiger partial charge in [-0.05, 0) is 6.07 Å². The Hall–Kier alpha value is -1.30. The van der Waals surface area contributed by atoms with Crippen molar-refractivity contribution in [3.8, 4) is 11.5 Å². The average Bonchev–Trinajstić information content (AvgIpc) is 2.07. The van der Waals surface area contributed by atoms with Crippen LogP contribution in [0.2, 0.25) is 5.02 Å². The number of rotatable bonds is 2. The van der Waals surface area contributed by atoms with E-state index < -0.39 is 12.7 Å². The molecule has 0 atom stereocenters. The molecular weight excluding hydrogens is 231 g/mol. The van der Waals surface area contributed by atoms with Crippen molar-refractivity contribution in [2.45, 2.75) is 0 Å². The van der Waals surface area contributed by atoms with E-state index in [9.17, 15) is 18.1 Å². The van der Waals surface area contributed by atoms with Crippen molar-refractivity contribution >= 4 is 24.7 Å². The second kappa shape index (κ2) is 4.06. The first-order valence-electron chi connectivity index (χ1n) is 3.90. The Balaban J connectivity index is 3.06. The van der Waals surface area contributed by atoms with E-state index in [4.69, 9.17) is 16.7 Å². The van der Waals surface area contributed by atoms with Crippen LogP contribution in [0.15, 0.2) is 18.1 Å². The summed E-state index contributed by atoms with van der Waals surface area (Å²) in [5.74, 6) is -0.820. The van der Waals surface area contributed by atoms with Crippen LogP contribution < -0.4 is 0 Å². The minimum atomic E-state index is -5.06. The lowest BCUT2D eigenvalue weighted by Gasteiger charge is -2.07. The van der Waals surface area contributed by atoms with Crippen LogP contribution in [0.4, 0.5) is 12.9 Å². The number of hydrogen-bond donors (Lipinski definition) is 2. The molecule has 0 aliphatic heterocycles. The first kappa shape index (κ1) is 11.8. The highest BCUT2D eigenvalue weighted by atomic mass is 35.5. The molecular formula is C8H6BClF3O2-. The number of halogens is 4. The van der Waals surface area contributed by atoms with E-state index in [1.165, 1.54) is 0 Å². The van der Waals surface area contributed by atoms with E-state index in [0.717, 1.165) is 12.1 Å². The van der Waals surface area contributed by atoms with E-state index in [-0.39, 0.29) is 22.3 Å². The maximum atomic E-state index is 11.9. The van der Waals surface area contributed by atoms with Gasteiger partial charge in [0, 0.05) is 11.6 Å². The minimum Gasteiger partial charge on any atom is -0.507 e. The van der Waals surface area contributed by atoms with E-state index in [2.05, 4.69) is 0 Å². The van der Waals surface area contributed by atoms with Gasteiger partial charge < -0.3 is 23.2 Å². The molecule has 0 amide bonds. The third kappa shape index (κ3) is 3.40. The lowest BCUT2D eigenvalue weighted by molar-refractivity contribution is 0.450. The molecule has 0 radical (unpaired) electrons. The molecule has 0 aliphatic rings. The van der Waals surface area contributed by atoms with Gasteiger partial charge in [-0.25, -0.2) is 0 Å². The van der Waals surface area contributed by atoms with Crippen molar-refractivity contribution in [2.75, 3.05) is 0 Å². The summed E-state index contributed by atoms with van der Waals surface area (Å²) in [6.07, 6.45) is 0.695. The first-order valence-corrected chi connectivity index (χ1v) is 4.28. The molecule has 0 saturated carbocycles. The Morgan fingerprint density at radius 3 is 2.27 bits per heavy atom. The molecule has 82 valence electrons. The van der Waals surface area contributed by atoms with Crippen molar-refractivity contribution in [3.05, 3.63) is 28.7 Å². The Labute approximate surface area is 88.7 Å². The van der Waals surface area contributed by atoms with E-state index in [0.29, 0.717) is 6.08 Å². The number of hydrogen-bond acceptors (Lipinski definition) is 2. The molecule has 0 aliphatic carbocycles. The smallest absolute Gasteiger partial charge is 0.502 e. The number of aromatic hydroxyl groups is 2. The zero-order valence-electron chi connectivity index (χ0n) is 7.29. The summed E-state index contributed by atoms with van der Waals surface area (Å²) in [5.41, 5.74) is -0.1000. The molecule has 0 aromatic heterocycles. The molecule has 0 unspecified atom stereocenters. The van der Waals surface area contributed by atoms with Crippen molar-refractivity contribution in [2.24, 2.45) is 0 Å². The summed E-state index contributed by atoms with van der Waals surface area (Å²) in [5, 5.41) is 18.1. The van der Waals surface area contributed by atoms with Crippen molar-refractivity contribution in [1.29, 1.82) is 0 Å². The second-order valence-corrected chi connectivity index (χ2v) is 3.25. The Morgan fingerprint density at radius 1 is 1.13 bits per heavy atom. The zero-order valence-corrected chi connectivity index (χ0v) is 8.05. The maximum absolute atomic E-state index is 11.9. The van der Waals surface area contributed by atoms with Crippen LogP contribution in [-0.2, 0) is 0 Å². The van der Waals surface area contributed by atoms with Crippen LogP contribution in [0, 0.1) is 0 Å². The van der Waals surface area contributed by atoms with Gasteiger partial charge in [0.15, 0.2) is 0 Å².